The minimum absolute atomic E-state index is 0.0676. The van der Waals surface area contributed by atoms with Crippen LogP contribution >= 0.6 is 0 Å². The molecule has 1 aromatic carbocycles. The molecule has 0 unspecified atom stereocenters. The van der Waals surface area contributed by atoms with Crippen molar-refractivity contribution in [2.24, 2.45) is 5.92 Å². The van der Waals surface area contributed by atoms with Crippen molar-refractivity contribution in [1.29, 1.82) is 5.26 Å². The van der Waals surface area contributed by atoms with Crippen LogP contribution in [0.5, 0.6) is 0 Å². The number of aromatic amines is 1. The molecule has 4 rings (SSSR count). The highest BCUT2D eigenvalue weighted by Gasteiger charge is 2.35. The highest BCUT2D eigenvalue weighted by atomic mass is 16.2. The van der Waals surface area contributed by atoms with Crippen LogP contribution in [-0.2, 0) is 0 Å². The van der Waals surface area contributed by atoms with Crippen LogP contribution in [0.25, 0.3) is 16.6 Å². The number of carbonyl (C=O) groups excluding carboxylic acids is 1. The third kappa shape index (κ3) is 2.64. The Morgan fingerprint density at radius 2 is 2.23 bits per heavy atom. The van der Waals surface area contributed by atoms with Crippen LogP contribution in [0.4, 0.5) is 0 Å². The van der Waals surface area contributed by atoms with Gasteiger partial charge in [0.2, 0.25) is 0 Å². The number of para-hydroxylation sites is 1. The average molecular weight is 349 g/mol. The second-order valence-electron chi connectivity index (χ2n) is 6.77. The zero-order valence-electron chi connectivity index (χ0n) is 14.5. The highest BCUT2D eigenvalue weighted by molar-refractivity contribution is 6.00. The maximum Gasteiger partial charge on any atom is 0.259 e. The van der Waals surface area contributed by atoms with E-state index in [1.165, 1.54) is 6.20 Å². The Labute approximate surface area is 149 Å². The first-order valence-electron chi connectivity index (χ1n) is 8.78. The SMILES string of the molecule is C[C@H](C1CC1)N(CCC#N)C(=O)c1cnn2c1[nH]c(=O)c1ccccc12. The predicted octanol–water partition coefficient (Wildman–Crippen LogP) is 2.33. The Morgan fingerprint density at radius 1 is 1.46 bits per heavy atom. The maximum atomic E-state index is 13.2. The molecule has 26 heavy (non-hydrogen) atoms. The van der Waals surface area contributed by atoms with E-state index in [-0.39, 0.29) is 23.9 Å². The number of H-pyrrole nitrogens is 1. The number of nitrogens with one attached hydrogen (secondary N) is 1. The summed E-state index contributed by atoms with van der Waals surface area (Å²) in [6.07, 6.45) is 3.99. The first-order chi connectivity index (χ1) is 12.6. The summed E-state index contributed by atoms with van der Waals surface area (Å²) in [4.78, 5) is 30.1. The lowest BCUT2D eigenvalue weighted by Crippen LogP contribution is -2.40. The van der Waals surface area contributed by atoms with Gasteiger partial charge in [-0.3, -0.25) is 9.59 Å². The number of fused-ring (bicyclic) bond motifs is 3. The van der Waals surface area contributed by atoms with Crippen molar-refractivity contribution in [2.45, 2.75) is 32.2 Å². The molecule has 7 heteroatoms. The first-order valence-corrected chi connectivity index (χ1v) is 8.78. The monoisotopic (exact) mass is 349 g/mol. The fourth-order valence-corrected chi connectivity index (χ4v) is 3.48. The normalized spacial score (nSPS) is 15.1. The average Bonchev–Trinajstić information content (AvgIpc) is 3.42. The van der Waals surface area contributed by atoms with Crippen LogP contribution < -0.4 is 5.56 Å². The van der Waals surface area contributed by atoms with E-state index < -0.39 is 0 Å². The Morgan fingerprint density at radius 3 is 2.96 bits per heavy atom. The van der Waals surface area contributed by atoms with Gasteiger partial charge >= 0.3 is 0 Å². The van der Waals surface area contributed by atoms with E-state index in [0.717, 1.165) is 12.8 Å². The van der Waals surface area contributed by atoms with Crippen LogP contribution in [-0.4, -0.2) is 38.0 Å². The van der Waals surface area contributed by atoms with E-state index in [9.17, 15) is 9.59 Å². The third-order valence-electron chi connectivity index (χ3n) is 5.13. The zero-order chi connectivity index (χ0) is 18.3. The molecule has 1 atom stereocenters. The van der Waals surface area contributed by atoms with Crippen LogP contribution in [0.1, 0.15) is 36.5 Å². The number of rotatable bonds is 5. The molecular weight excluding hydrogens is 330 g/mol. The van der Waals surface area contributed by atoms with Gasteiger partial charge in [-0.15, -0.1) is 0 Å². The van der Waals surface area contributed by atoms with Crippen molar-refractivity contribution < 1.29 is 4.79 Å². The van der Waals surface area contributed by atoms with Crippen molar-refractivity contribution in [2.75, 3.05) is 6.54 Å². The lowest BCUT2D eigenvalue weighted by atomic mass is 10.1. The molecule has 0 bridgehead atoms. The van der Waals surface area contributed by atoms with Crippen molar-refractivity contribution in [1.82, 2.24) is 19.5 Å². The summed E-state index contributed by atoms with van der Waals surface area (Å²) >= 11 is 0. The summed E-state index contributed by atoms with van der Waals surface area (Å²) in [5, 5.41) is 13.8. The zero-order valence-corrected chi connectivity index (χ0v) is 14.5. The van der Waals surface area contributed by atoms with E-state index in [0.29, 0.717) is 34.6 Å². The molecule has 1 fully saturated rings. The summed E-state index contributed by atoms with van der Waals surface area (Å²) in [7, 11) is 0. The van der Waals surface area contributed by atoms with Crippen LogP contribution in [0, 0.1) is 17.2 Å². The molecule has 0 saturated heterocycles. The van der Waals surface area contributed by atoms with E-state index in [1.54, 1.807) is 27.6 Å². The summed E-state index contributed by atoms with van der Waals surface area (Å²) < 4.78 is 1.59. The van der Waals surface area contributed by atoms with Crippen LogP contribution in [0.2, 0.25) is 0 Å². The second-order valence-corrected chi connectivity index (χ2v) is 6.77. The smallest absolute Gasteiger partial charge is 0.259 e. The lowest BCUT2D eigenvalue weighted by Gasteiger charge is -2.28. The van der Waals surface area contributed by atoms with Gasteiger partial charge in [0.15, 0.2) is 0 Å². The minimum atomic E-state index is -0.249. The van der Waals surface area contributed by atoms with E-state index in [4.69, 9.17) is 5.26 Å². The molecule has 3 aromatic rings. The molecule has 132 valence electrons. The standard InChI is InChI=1S/C19H19N5O2/c1-12(13-7-8-13)23(10-4-9-20)19(26)15-11-21-24-16-6-3-2-5-14(16)18(25)22-17(15)24/h2-3,5-6,11-13H,4,7-8,10H2,1H3,(H,22,25)/t12-/m1/s1. The minimum Gasteiger partial charge on any atom is -0.334 e. The molecule has 1 amide bonds. The summed E-state index contributed by atoms with van der Waals surface area (Å²) in [5.41, 5.74) is 1.16. The van der Waals surface area contributed by atoms with Crippen molar-refractivity contribution in [3.05, 3.63) is 46.4 Å². The predicted molar refractivity (Wildman–Crippen MR) is 96.8 cm³/mol. The fraction of sp³-hybridized carbons (Fsp3) is 0.368. The van der Waals surface area contributed by atoms with Gasteiger partial charge in [-0.1, -0.05) is 12.1 Å². The summed E-state index contributed by atoms with van der Waals surface area (Å²) in [5.74, 6) is 0.292. The molecule has 7 nitrogen and oxygen atoms in total. The van der Waals surface area contributed by atoms with Crippen LogP contribution in [0.3, 0.4) is 0 Å². The number of carbonyl (C=O) groups is 1. The van der Waals surface area contributed by atoms with Gasteiger partial charge in [0.1, 0.15) is 11.2 Å². The van der Waals surface area contributed by atoms with E-state index >= 15 is 0 Å². The third-order valence-corrected chi connectivity index (χ3v) is 5.13. The molecule has 2 heterocycles. The number of benzene rings is 1. The Kier molecular flexibility index (Phi) is 3.96. The van der Waals surface area contributed by atoms with Crippen LogP contribution in [0.15, 0.2) is 35.3 Å². The molecule has 1 N–H and O–H groups in total. The number of nitrogens with zero attached hydrogens (tertiary/aromatic N) is 4. The summed E-state index contributed by atoms with van der Waals surface area (Å²) in [6.45, 7) is 2.40. The number of amides is 1. The maximum absolute atomic E-state index is 13.2. The van der Waals surface area contributed by atoms with Gasteiger partial charge in [-0.05, 0) is 37.8 Å². The number of aromatic nitrogens is 3. The lowest BCUT2D eigenvalue weighted by molar-refractivity contribution is 0.0678. The molecule has 0 aliphatic heterocycles. The van der Waals surface area contributed by atoms with Crippen molar-refractivity contribution >= 4 is 22.5 Å². The quantitative estimate of drug-likeness (QED) is 0.765. The largest absolute Gasteiger partial charge is 0.334 e. The topological polar surface area (TPSA) is 94.3 Å². The Hall–Kier alpha value is -3.14. The highest BCUT2D eigenvalue weighted by Crippen LogP contribution is 2.35. The molecule has 1 aliphatic rings. The fourth-order valence-electron chi connectivity index (χ4n) is 3.48. The van der Waals surface area contributed by atoms with Gasteiger partial charge in [-0.2, -0.15) is 10.4 Å². The Balaban J connectivity index is 1.81. The van der Waals surface area contributed by atoms with E-state index in [2.05, 4.69) is 16.2 Å². The Bertz CT molecular complexity index is 1090. The van der Waals surface area contributed by atoms with E-state index in [1.807, 2.05) is 13.0 Å². The number of nitriles is 1. The second kappa shape index (κ2) is 6.30. The number of hydrogen-bond acceptors (Lipinski definition) is 4. The van der Waals surface area contributed by atoms with Gasteiger partial charge in [0.05, 0.1) is 29.6 Å². The molecular formula is C19H19N5O2. The molecule has 0 spiro atoms. The van der Waals surface area contributed by atoms with Crippen molar-refractivity contribution in [3.63, 3.8) is 0 Å². The van der Waals surface area contributed by atoms with Gasteiger partial charge in [-0.25, -0.2) is 4.52 Å². The van der Waals surface area contributed by atoms with Gasteiger partial charge in [0.25, 0.3) is 11.5 Å². The van der Waals surface area contributed by atoms with Crippen molar-refractivity contribution in [3.8, 4) is 6.07 Å². The molecule has 0 radical (unpaired) electrons. The first kappa shape index (κ1) is 16.3. The number of hydrogen-bond donors (Lipinski definition) is 1. The molecule has 1 aliphatic carbocycles. The van der Waals surface area contributed by atoms with Gasteiger partial charge in [0, 0.05) is 12.6 Å². The van der Waals surface area contributed by atoms with Gasteiger partial charge < -0.3 is 9.88 Å². The molecule has 1 saturated carbocycles. The summed E-state index contributed by atoms with van der Waals surface area (Å²) in [6, 6.07) is 9.33. The molecule has 2 aromatic heterocycles.